The van der Waals surface area contributed by atoms with E-state index in [1.54, 1.807) is 48.5 Å². The van der Waals surface area contributed by atoms with Gasteiger partial charge in [0.2, 0.25) is 15.9 Å². The Kier molecular flexibility index (Phi) is 6.01. The Balaban J connectivity index is 1.23. The van der Waals surface area contributed by atoms with Crippen LogP contribution in [0.2, 0.25) is 0 Å². The molecule has 0 saturated heterocycles. The molecule has 0 unspecified atom stereocenters. The number of nitrogens with one attached hydrogen (secondary N) is 3. The van der Waals surface area contributed by atoms with E-state index < -0.39 is 10.0 Å². The molecule has 1 heterocycles. The summed E-state index contributed by atoms with van der Waals surface area (Å²) in [5.41, 5.74) is 1.92. The SMILES string of the molecule is O=C(NCCNS(=O)(=O)Cc1noc2ccccc12)c1ccc(NC(=O)C2CC2)cc1. The Hall–Kier alpha value is -3.24. The average molecular weight is 442 g/mol. The van der Waals surface area contributed by atoms with Gasteiger partial charge in [-0.1, -0.05) is 17.3 Å². The van der Waals surface area contributed by atoms with Gasteiger partial charge in [-0.2, -0.15) is 0 Å². The summed E-state index contributed by atoms with van der Waals surface area (Å²) < 4.78 is 32.2. The minimum atomic E-state index is -3.64. The topological polar surface area (TPSA) is 130 Å². The molecule has 2 aromatic carbocycles. The molecule has 162 valence electrons. The van der Waals surface area contributed by atoms with Crippen LogP contribution in [0.25, 0.3) is 11.0 Å². The van der Waals surface area contributed by atoms with Crippen molar-refractivity contribution in [1.29, 1.82) is 0 Å². The average Bonchev–Trinajstić information content (AvgIpc) is 3.54. The molecule has 10 heteroatoms. The number of sulfonamides is 1. The van der Waals surface area contributed by atoms with Crippen molar-refractivity contribution >= 4 is 38.5 Å². The van der Waals surface area contributed by atoms with Gasteiger partial charge in [0.1, 0.15) is 11.4 Å². The third-order valence-corrected chi connectivity index (χ3v) is 6.17. The standard InChI is InChI=1S/C21H22N4O5S/c26-20(14-7-9-16(10-8-14)24-21(27)15-5-6-15)22-11-12-23-31(28,29)13-18-17-3-1-2-4-19(17)30-25-18/h1-4,7-10,15,23H,5-6,11-13H2,(H,22,26)(H,24,27). The minimum Gasteiger partial charge on any atom is -0.356 e. The minimum absolute atomic E-state index is 0.00287. The molecule has 1 aromatic heterocycles. The fourth-order valence-corrected chi connectivity index (χ4v) is 4.14. The molecule has 1 aliphatic rings. The first-order chi connectivity index (χ1) is 14.9. The van der Waals surface area contributed by atoms with Crippen LogP contribution in [-0.2, 0) is 20.6 Å². The molecular formula is C21H22N4O5S. The smallest absolute Gasteiger partial charge is 0.251 e. The molecule has 0 aliphatic heterocycles. The number of fused-ring (bicyclic) bond motifs is 1. The van der Waals surface area contributed by atoms with Crippen molar-refractivity contribution in [2.24, 2.45) is 5.92 Å². The second kappa shape index (κ2) is 8.86. The largest absolute Gasteiger partial charge is 0.356 e. The Bertz CT molecular complexity index is 1200. The highest BCUT2D eigenvalue weighted by molar-refractivity contribution is 7.88. The second-order valence-corrected chi connectivity index (χ2v) is 9.18. The van der Waals surface area contributed by atoms with Crippen LogP contribution in [0.4, 0.5) is 5.69 Å². The molecule has 0 spiro atoms. The second-order valence-electron chi connectivity index (χ2n) is 7.38. The number of carbonyl (C=O) groups is 2. The fourth-order valence-electron chi connectivity index (χ4n) is 3.05. The number of hydrogen-bond donors (Lipinski definition) is 3. The lowest BCUT2D eigenvalue weighted by Crippen LogP contribution is -2.35. The molecule has 1 aliphatic carbocycles. The summed E-state index contributed by atoms with van der Waals surface area (Å²) >= 11 is 0. The fraction of sp³-hybridized carbons (Fsp3) is 0.286. The van der Waals surface area contributed by atoms with E-state index in [9.17, 15) is 18.0 Å². The van der Waals surface area contributed by atoms with Crippen molar-refractivity contribution in [3.8, 4) is 0 Å². The zero-order chi connectivity index (χ0) is 21.8. The Morgan fingerprint density at radius 3 is 2.52 bits per heavy atom. The summed E-state index contributed by atoms with van der Waals surface area (Å²) in [6, 6.07) is 13.6. The summed E-state index contributed by atoms with van der Waals surface area (Å²) in [5, 5.41) is 9.95. The number of hydrogen-bond acceptors (Lipinski definition) is 6. The maximum absolute atomic E-state index is 12.3. The van der Waals surface area contributed by atoms with Gasteiger partial charge in [0.25, 0.3) is 5.91 Å². The predicted octanol–water partition coefficient (Wildman–Crippen LogP) is 2.03. The van der Waals surface area contributed by atoms with E-state index >= 15 is 0 Å². The number of nitrogens with zero attached hydrogens (tertiary/aromatic N) is 1. The highest BCUT2D eigenvalue weighted by Crippen LogP contribution is 2.30. The first-order valence-electron chi connectivity index (χ1n) is 9.91. The van der Waals surface area contributed by atoms with Gasteiger partial charge >= 0.3 is 0 Å². The molecule has 2 amide bonds. The van der Waals surface area contributed by atoms with Crippen LogP contribution in [0.15, 0.2) is 53.1 Å². The van der Waals surface area contributed by atoms with Crippen molar-refractivity contribution in [1.82, 2.24) is 15.2 Å². The van der Waals surface area contributed by atoms with Crippen LogP contribution in [-0.4, -0.2) is 38.5 Å². The molecule has 9 nitrogen and oxygen atoms in total. The number of aromatic nitrogens is 1. The van der Waals surface area contributed by atoms with Crippen molar-refractivity contribution in [3.05, 3.63) is 59.8 Å². The quantitative estimate of drug-likeness (QED) is 0.435. The van der Waals surface area contributed by atoms with Crippen LogP contribution in [0.3, 0.4) is 0 Å². The van der Waals surface area contributed by atoms with Gasteiger partial charge < -0.3 is 15.2 Å². The molecule has 0 radical (unpaired) electrons. The van der Waals surface area contributed by atoms with Crippen LogP contribution >= 0.6 is 0 Å². The third-order valence-electron chi connectivity index (χ3n) is 4.87. The first kappa shape index (κ1) is 21.0. The summed E-state index contributed by atoms with van der Waals surface area (Å²) in [6.45, 7) is 0.164. The maximum Gasteiger partial charge on any atom is 0.251 e. The predicted molar refractivity (Wildman–Crippen MR) is 115 cm³/mol. The van der Waals surface area contributed by atoms with Crippen LogP contribution < -0.4 is 15.4 Å². The Morgan fingerprint density at radius 2 is 1.77 bits per heavy atom. The molecular weight excluding hydrogens is 420 g/mol. The van der Waals surface area contributed by atoms with E-state index in [4.69, 9.17) is 4.52 Å². The summed E-state index contributed by atoms with van der Waals surface area (Å²) in [6.07, 6.45) is 1.84. The number of para-hydroxylation sites is 1. The number of rotatable bonds is 9. The number of carbonyl (C=O) groups excluding carboxylic acids is 2. The van der Waals surface area contributed by atoms with Gasteiger partial charge in [-0.25, -0.2) is 13.1 Å². The molecule has 1 saturated carbocycles. The summed E-state index contributed by atoms with van der Waals surface area (Å²) in [5.74, 6) is -0.536. The summed E-state index contributed by atoms with van der Waals surface area (Å²) in [4.78, 5) is 24.0. The van der Waals surface area contributed by atoms with E-state index in [1.165, 1.54) is 0 Å². The van der Waals surface area contributed by atoms with E-state index in [0.29, 0.717) is 27.9 Å². The molecule has 0 bridgehead atoms. The molecule has 31 heavy (non-hydrogen) atoms. The maximum atomic E-state index is 12.3. The van der Waals surface area contributed by atoms with Gasteiger partial charge in [0.05, 0.1) is 0 Å². The van der Waals surface area contributed by atoms with Crippen LogP contribution in [0.1, 0.15) is 28.9 Å². The van der Waals surface area contributed by atoms with E-state index in [1.807, 2.05) is 0 Å². The molecule has 1 fully saturated rings. The van der Waals surface area contributed by atoms with Crippen molar-refractivity contribution in [3.63, 3.8) is 0 Å². The van der Waals surface area contributed by atoms with Crippen LogP contribution in [0, 0.1) is 5.92 Å². The van der Waals surface area contributed by atoms with Crippen molar-refractivity contribution < 1.29 is 22.5 Å². The van der Waals surface area contributed by atoms with Crippen molar-refractivity contribution in [2.45, 2.75) is 18.6 Å². The molecule has 0 atom stereocenters. The molecule has 3 aromatic rings. The van der Waals surface area contributed by atoms with E-state index in [-0.39, 0.29) is 36.6 Å². The zero-order valence-electron chi connectivity index (χ0n) is 16.6. The van der Waals surface area contributed by atoms with Gasteiger partial charge in [-0.05, 0) is 49.2 Å². The molecule has 3 N–H and O–H groups in total. The lowest BCUT2D eigenvalue weighted by atomic mass is 10.2. The first-order valence-corrected chi connectivity index (χ1v) is 11.6. The number of amides is 2. The highest BCUT2D eigenvalue weighted by atomic mass is 32.2. The number of anilines is 1. The third kappa shape index (κ3) is 5.47. The monoisotopic (exact) mass is 442 g/mol. The summed E-state index contributed by atoms with van der Waals surface area (Å²) in [7, 11) is -3.64. The normalized spacial score (nSPS) is 13.8. The zero-order valence-corrected chi connectivity index (χ0v) is 17.4. The van der Waals surface area contributed by atoms with Gasteiger partial charge in [-0.15, -0.1) is 0 Å². The van der Waals surface area contributed by atoms with Gasteiger partial charge in [-0.3, -0.25) is 9.59 Å². The molecule has 4 rings (SSSR count). The van der Waals surface area contributed by atoms with E-state index in [2.05, 4.69) is 20.5 Å². The number of benzene rings is 2. The van der Waals surface area contributed by atoms with Crippen molar-refractivity contribution in [2.75, 3.05) is 18.4 Å². The van der Waals surface area contributed by atoms with Gasteiger partial charge in [0.15, 0.2) is 5.58 Å². The Labute approximate surface area is 179 Å². The lowest BCUT2D eigenvalue weighted by molar-refractivity contribution is -0.117. The van der Waals surface area contributed by atoms with Crippen LogP contribution in [0.5, 0.6) is 0 Å². The Morgan fingerprint density at radius 1 is 1.03 bits per heavy atom. The highest BCUT2D eigenvalue weighted by Gasteiger charge is 2.29. The van der Waals surface area contributed by atoms with Gasteiger partial charge in [0, 0.05) is 35.6 Å². The van der Waals surface area contributed by atoms with E-state index in [0.717, 1.165) is 12.8 Å². The lowest BCUT2D eigenvalue weighted by Gasteiger charge is -2.08.